The standard InChI is InChI=1S/C7H15N2O2.F6P/c1-9-2-4-10-7(8,6-9)11-5-3-9;1-7(2,3,4,5)6/h2-6,8H2,1H3;/q+1;-1. The number of morpholine rings is 2. The number of hydrogen-bond acceptors (Lipinski definition) is 3. The van der Waals surface area contributed by atoms with Gasteiger partial charge in [-0.15, -0.1) is 0 Å². The normalized spacial score (nSPS) is 40.0. The van der Waals surface area contributed by atoms with Gasteiger partial charge < -0.3 is 14.0 Å². The number of likely N-dealkylation sites (N-methyl/N-ethyl adjacent to an activating group) is 1. The van der Waals surface area contributed by atoms with Crippen molar-refractivity contribution in [3.8, 4) is 0 Å². The molecule has 0 radical (unpaired) electrons. The summed E-state index contributed by atoms with van der Waals surface area (Å²) in [7, 11) is -8.46. The van der Waals surface area contributed by atoms with E-state index in [9.17, 15) is 25.2 Å². The number of quaternary nitrogens is 1. The summed E-state index contributed by atoms with van der Waals surface area (Å²) >= 11 is 0. The fourth-order valence-corrected chi connectivity index (χ4v) is 1.81. The van der Waals surface area contributed by atoms with Crippen molar-refractivity contribution in [1.29, 1.82) is 0 Å². The van der Waals surface area contributed by atoms with Crippen molar-refractivity contribution in [3.05, 3.63) is 0 Å². The molecule has 2 saturated heterocycles. The van der Waals surface area contributed by atoms with Crippen LogP contribution in [-0.4, -0.2) is 50.3 Å². The summed E-state index contributed by atoms with van der Waals surface area (Å²) in [6.45, 7) is 4.33. The maximum absolute atomic E-state index is 10.7. The molecule has 0 aromatic rings. The summed E-state index contributed by atoms with van der Waals surface area (Å²) in [5.74, 6) is -0.786. The second kappa shape index (κ2) is 3.69. The van der Waals surface area contributed by atoms with Crippen LogP contribution in [0.1, 0.15) is 0 Å². The predicted octanol–water partition coefficient (Wildman–Crippen LogP) is 2.49. The van der Waals surface area contributed by atoms with Gasteiger partial charge in [-0.25, -0.2) is 0 Å². The first-order valence-electron chi connectivity index (χ1n) is 5.04. The molecule has 2 bridgehead atoms. The topological polar surface area (TPSA) is 44.5 Å². The number of nitrogens with two attached hydrogens (primary N) is 1. The van der Waals surface area contributed by atoms with Crippen LogP contribution in [-0.2, 0) is 9.47 Å². The minimum absolute atomic E-state index is 0.715. The zero-order chi connectivity index (χ0) is 14.4. The molecule has 2 aliphatic heterocycles. The van der Waals surface area contributed by atoms with Crippen LogP contribution in [0, 0.1) is 0 Å². The van der Waals surface area contributed by atoms with Crippen LogP contribution in [0.5, 0.6) is 0 Å². The van der Waals surface area contributed by atoms with Gasteiger partial charge >= 0.3 is 33.0 Å². The fourth-order valence-electron chi connectivity index (χ4n) is 1.81. The molecule has 18 heavy (non-hydrogen) atoms. The zero-order valence-corrected chi connectivity index (χ0v) is 10.5. The van der Waals surface area contributed by atoms with Crippen LogP contribution >= 0.6 is 7.81 Å². The Labute approximate surface area is 99.4 Å². The molecule has 0 aromatic carbocycles. The van der Waals surface area contributed by atoms with Gasteiger partial charge in [0.15, 0.2) is 0 Å². The Hall–Kier alpha value is -0.150. The molecule has 0 aliphatic carbocycles. The number of rotatable bonds is 0. The van der Waals surface area contributed by atoms with Crippen molar-refractivity contribution in [1.82, 2.24) is 0 Å². The molecule has 0 aromatic heterocycles. The summed E-state index contributed by atoms with van der Waals surface area (Å²) < 4.78 is 70.9. The molecule has 0 amide bonds. The van der Waals surface area contributed by atoms with Crippen molar-refractivity contribution in [2.75, 3.05) is 39.9 Å². The molecular formula is C7H15F6N2O2P. The molecule has 0 unspecified atom stereocenters. The van der Waals surface area contributed by atoms with E-state index < -0.39 is 13.7 Å². The monoisotopic (exact) mass is 304 g/mol. The first-order chi connectivity index (χ1) is 7.57. The number of ether oxygens (including phenoxy) is 2. The van der Waals surface area contributed by atoms with Gasteiger partial charge in [0.1, 0.15) is 32.8 Å². The number of hydrogen-bond donors (Lipinski definition) is 1. The average Bonchev–Trinajstić information content (AvgIpc) is 1.93. The van der Waals surface area contributed by atoms with Crippen molar-refractivity contribution < 1.29 is 39.1 Å². The molecular weight excluding hydrogens is 289 g/mol. The number of fused-ring (bicyclic) bond motifs is 2. The van der Waals surface area contributed by atoms with E-state index in [0.717, 1.165) is 24.1 Å². The molecule has 2 aliphatic rings. The van der Waals surface area contributed by atoms with Crippen LogP contribution < -0.4 is 5.73 Å². The third-order valence-electron chi connectivity index (χ3n) is 2.56. The summed E-state index contributed by atoms with van der Waals surface area (Å²) in [6.07, 6.45) is 0. The Balaban J connectivity index is 0.000000203. The van der Waals surface area contributed by atoms with Crippen LogP contribution in [0.15, 0.2) is 0 Å². The van der Waals surface area contributed by atoms with E-state index >= 15 is 0 Å². The summed E-state index contributed by atoms with van der Waals surface area (Å²) in [5.41, 5.74) is 5.83. The van der Waals surface area contributed by atoms with E-state index in [1.807, 2.05) is 0 Å². The van der Waals surface area contributed by atoms with Crippen molar-refractivity contribution >= 4 is 7.81 Å². The van der Waals surface area contributed by atoms with Crippen molar-refractivity contribution in [2.45, 2.75) is 5.91 Å². The number of halogens is 6. The Kier molecular flexibility index (Phi) is 3.26. The number of nitrogens with zero attached hydrogens (tertiary/aromatic N) is 1. The second-order valence-electron chi connectivity index (χ2n) is 4.69. The minimum atomic E-state index is -10.7. The van der Waals surface area contributed by atoms with E-state index in [2.05, 4.69) is 7.05 Å². The van der Waals surface area contributed by atoms with Crippen LogP contribution in [0.25, 0.3) is 0 Å². The maximum atomic E-state index is 9.87. The zero-order valence-electron chi connectivity index (χ0n) is 9.59. The first kappa shape index (κ1) is 15.9. The summed E-state index contributed by atoms with van der Waals surface area (Å²) in [6, 6.07) is 0. The molecule has 0 spiro atoms. The molecule has 112 valence electrons. The SMILES string of the molecule is C[N+]12CCOC(N)(C1)OCC2.F[P-](F)(F)(F)(F)F. The van der Waals surface area contributed by atoms with Gasteiger partial charge in [0.2, 0.25) is 0 Å². The van der Waals surface area contributed by atoms with E-state index in [1.54, 1.807) is 0 Å². The molecule has 0 saturated carbocycles. The van der Waals surface area contributed by atoms with Crippen molar-refractivity contribution in [3.63, 3.8) is 0 Å². The van der Waals surface area contributed by atoms with E-state index in [1.165, 1.54) is 0 Å². The Morgan fingerprint density at radius 1 is 1.00 bits per heavy atom. The van der Waals surface area contributed by atoms with Crippen molar-refractivity contribution in [2.24, 2.45) is 5.73 Å². The molecule has 2 heterocycles. The van der Waals surface area contributed by atoms with Gasteiger partial charge in [-0.05, 0) is 0 Å². The van der Waals surface area contributed by atoms with Gasteiger partial charge in [-0.1, -0.05) is 0 Å². The quantitative estimate of drug-likeness (QED) is 0.425. The van der Waals surface area contributed by atoms with Crippen LogP contribution in [0.4, 0.5) is 25.2 Å². The Bertz CT molecular complexity index is 293. The molecule has 4 nitrogen and oxygen atoms in total. The Morgan fingerprint density at radius 2 is 1.33 bits per heavy atom. The molecule has 2 fully saturated rings. The van der Waals surface area contributed by atoms with Gasteiger partial charge in [-0.3, -0.25) is 5.73 Å². The molecule has 0 atom stereocenters. The second-order valence-corrected chi connectivity index (χ2v) is 6.61. The van der Waals surface area contributed by atoms with Gasteiger partial charge in [0.05, 0.1) is 7.05 Å². The van der Waals surface area contributed by atoms with E-state index in [-0.39, 0.29) is 0 Å². The van der Waals surface area contributed by atoms with Crippen LogP contribution in [0.2, 0.25) is 0 Å². The van der Waals surface area contributed by atoms with E-state index in [4.69, 9.17) is 15.2 Å². The molecule has 2 N–H and O–H groups in total. The third-order valence-corrected chi connectivity index (χ3v) is 2.56. The third kappa shape index (κ3) is 7.32. The predicted molar refractivity (Wildman–Crippen MR) is 53.2 cm³/mol. The average molecular weight is 304 g/mol. The molecule has 11 heteroatoms. The fraction of sp³-hybridized carbons (Fsp3) is 1.00. The summed E-state index contributed by atoms with van der Waals surface area (Å²) in [5, 5.41) is 0. The molecule has 2 rings (SSSR count). The Morgan fingerprint density at radius 3 is 1.56 bits per heavy atom. The van der Waals surface area contributed by atoms with E-state index in [0.29, 0.717) is 13.2 Å². The van der Waals surface area contributed by atoms with Gasteiger partial charge in [-0.2, -0.15) is 0 Å². The van der Waals surface area contributed by atoms with Gasteiger partial charge in [0, 0.05) is 0 Å². The van der Waals surface area contributed by atoms with Crippen LogP contribution in [0.3, 0.4) is 0 Å². The van der Waals surface area contributed by atoms with Gasteiger partial charge in [0.25, 0.3) is 5.91 Å². The first-order valence-corrected chi connectivity index (χ1v) is 7.07. The summed E-state index contributed by atoms with van der Waals surface area (Å²) in [4.78, 5) is 0.